The zero-order valence-corrected chi connectivity index (χ0v) is 17.2. The van der Waals surface area contributed by atoms with Gasteiger partial charge in [0.15, 0.2) is 11.5 Å². The van der Waals surface area contributed by atoms with Crippen molar-refractivity contribution >= 4 is 5.78 Å². The van der Waals surface area contributed by atoms with E-state index >= 15 is 0 Å². The number of hydrogen-bond acceptors (Lipinski definition) is 5. The van der Waals surface area contributed by atoms with Crippen LogP contribution >= 0.6 is 0 Å². The molecule has 150 valence electrons. The second-order valence-corrected chi connectivity index (χ2v) is 9.73. The molecule has 1 aromatic rings. The van der Waals surface area contributed by atoms with Crippen molar-refractivity contribution in [1.82, 2.24) is 4.90 Å². The number of nitrogens with zero attached hydrogens (tertiary/aromatic N) is 1. The van der Waals surface area contributed by atoms with Crippen molar-refractivity contribution in [3.63, 3.8) is 0 Å². The third-order valence-electron chi connectivity index (χ3n) is 9.32. The molecule has 1 saturated heterocycles. The highest BCUT2D eigenvalue weighted by atomic mass is 16.6. The molecule has 7 rings (SSSR count). The normalized spacial score (nSPS) is 44.8. The van der Waals surface area contributed by atoms with Gasteiger partial charge in [0.25, 0.3) is 0 Å². The average molecular weight is 383 g/mol. The van der Waals surface area contributed by atoms with Gasteiger partial charge in [-0.3, -0.25) is 4.79 Å². The largest absolute Gasteiger partial charge is 0.493 e. The van der Waals surface area contributed by atoms with Crippen molar-refractivity contribution in [2.24, 2.45) is 11.3 Å². The van der Waals surface area contributed by atoms with Crippen LogP contribution in [0.1, 0.15) is 43.7 Å². The van der Waals surface area contributed by atoms with Gasteiger partial charge >= 0.3 is 0 Å². The zero-order chi connectivity index (χ0) is 19.5. The lowest BCUT2D eigenvalue weighted by molar-refractivity contribution is -0.270. The van der Waals surface area contributed by atoms with Crippen LogP contribution in [-0.4, -0.2) is 56.2 Å². The SMILES string of the molecule is COc1ccc2c3c1O[C@H]1C4(OC)CCC5(C[C@@H]4C(C)=O)[C@@H](C2)N(C)CC[C@]315. The molecule has 5 nitrogen and oxygen atoms in total. The quantitative estimate of drug-likeness (QED) is 0.803. The van der Waals surface area contributed by atoms with E-state index in [0.717, 1.165) is 50.1 Å². The van der Waals surface area contributed by atoms with Crippen LogP contribution in [0.5, 0.6) is 11.5 Å². The van der Waals surface area contributed by atoms with Crippen LogP contribution in [0.3, 0.4) is 0 Å². The molecular weight excluding hydrogens is 354 g/mol. The first-order valence-corrected chi connectivity index (χ1v) is 10.6. The molecule has 2 aliphatic heterocycles. The monoisotopic (exact) mass is 383 g/mol. The number of methoxy groups -OCH3 is 2. The molecule has 4 fully saturated rings. The third-order valence-corrected chi connectivity index (χ3v) is 9.32. The zero-order valence-electron chi connectivity index (χ0n) is 17.2. The molecule has 6 atom stereocenters. The average Bonchev–Trinajstić information content (AvgIpc) is 3.07. The van der Waals surface area contributed by atoms with Crippen LogP contribution in [0.2, 0.25) is 0 Å². The van der Waals surface area contributed by atoms with E-state index in [4.69, 9.17) is 14.2 Å². The van der Waals surface area contributed by atoms with Gasteiger partial charge in [-0.25, -0.2) is 0 Å². The van der Waals surface area contributed by atoms with Gasteiger partial charge in [-0.2, -0.15) is 0 Å². The number of hydrogen-bond donors (Lipinski definition) is 0. The number of carbonyl (C=O) groups is 1. The summed E-state index contributed by atoms with van der Waals surface area (Å²) in [4.78, 5) is 15.4. The number of Topliss-reactive ketones (excluding diaryl/α,β-unsaturated/α-hetero) is 1. The van der Waals surface area contributed by atoms with Gasteiger partial charge in [0.1, 0.15) is 17.5 Å². The summed E-state index contributed by atoms with van der Waals surface area (Å²) in [7, 11) is 5.77. The summed E-state index contributed by atoms with van der Waals surface area (Å²) in [5.41, 5.74) is 2.25. The highest BCUT2D eigenvalue weighted by Crippen LogP contribution is 2.76. The van der Waals surface area contributed by atoms with Crippen LogP contribution in [0.4, 0.5) is 0 Å². The van der Waals surface area contributed by atoms with E-state index in [1.54, 1.807) is 21.1 Å². The number of rotatable bonds is 3. The first kappa shape index (κ1) is 17.3. The molecule has 0 amide bonds. The molecule has 2 spiro atoms. The summed E-state index contributed by atoms with van der Waals surface area (Å²) in [5, 5.41) is 0. The lowest BCUT2D eigenvalue weighted by Gasteiger charge is -2.73. The lowest BCUT2D eigenvalue weighted by atomic mass is 9.34. The van der Waals surface area contributed by atoms with Crippen molar-refractivity contribution in [3.05, 3.63) is 23.3 Å². The number of benzene rings is 1. The number of likely N-dealkylation sites (tertiary alicyclic amines) is 1. The van der Waals surface area contributed by atoms with E-state index in [9.17, 15) is 4.79 Å². The van der Waals surface area contributed by atoms with Crippen molar-refractivity contribution in [3.8, 4) is 11.5 Å². The minimum Gasteiger partial charge on any atom is -0.493 e. The molecule has 4 aliphatic carbocycles. The fraction of sp³-hybridized carbons (Fsp3) is 0.696. The van der Waals surface area contributed by atoms with E-state index in [-0.39, 0.29) is 28.6 Å². The first-order valence-electron chi connectivity index (χ1n) is 10.6. The van der Waals surface area contributed by atoms with Crippen LogP contribution in [0, 0.1) is 11.3 Å². The Hall–Kier alpha value is -1.59. The predicted molar refractivity (Wildman–Crippen MR) is 104 cm³/mol. The van der Waals surface area contributed by atoms with E-state index in [1.807, 2.05) is 0 Å². The molecule has 6 aliphatic rings. The Morgan fingerprint density at radius 3 is 2.79 bits per heavy atom. The summed E-state index contributed by atoms with van der Waals surface area (Å²) in [5.74, 6) is 1.89. The Labute approximate surface area is 166 Å². The highest BCUT2D eigenvalue weighted by molar-refractivity contribution is 5.81. The van der Waals surface area contributed by atoms with E-state index in [0.29, 0.717) is 6.04 Å². The molecule has 2 heterocycles. The summed E-state index contributed by atoms with van der Waals surface area (Å²) < 4.78 is 18.8. The second-order valence-electron chi connectivity index (χ2n) is 9.73. The van der Waals surface area contributed by atoms with Crippen molar-refractivity contribution in [2.45, 2.75) is 62.2 Å². The number of fused-ring (bicyclic) bond motifs is 2. The number of likely N-dealkylation sites (N-methyl/N-ethyl adjacent to an activating group) is 1. The highest BCUT2D eigenvalue weighted by Gasteiger charge is 2.80. The van der Waals surface area contributed by atoms with Crippen molar-refractivity contribution in [2.75, 3.05) is 27.8 Å². The molecule has 5 heteroatoms. The molecule has 0 radical (unpaired) electrons. The van der Waals surface area contributed by atoms with Gasteiger partial charge < -0.3 is 19.1 Å². The van der Waals surface area contributed by atoms with Gasteiger partial charge in [0.2, 0.25) is 0 Å². The summed E-state index contributed by atoms with van der Waals surface area (Å²) in [6.45, 7) is 2.80. The summed E-state index contributed by atoms with van der Waals surface area (Å²) >= 11 is 0. The van der Waals surface area contributed by atoms with Crippen LogP contribution in [0.15, 0.2) is 12.1 Å². The van der Waals surface area contributed by atoms with Gasteiger partial charge in [-0.1, -0.05) is 6.07 Å². The maximum absolute atomic E-state index is 12.8. The second kappa shape index (κ2) is 5.11. The molecule has 1 aromatic carbocycles. The molecule has 4 bridgehead atoms. The summed E-state index contributed by atoms with van der Waals surface area (Å²) in [6.07, 6.45) is 4.91. The van der Waals surface area contributed by atoms with Gasteiger partial charge in [-0.15, -0.1) is 0 Å². The maximum atomic E-state index is 12.8. The fourth-order valence-electron chi connectivity index (χ4n) is 8.30. The number of carbonyl (C=O) groups excluding carboxylic acids is 1. The molecule has 2 unspecified atom stereocenters. The van der Waals surface area contributed by atoms with Gasteiger partial charge in [0.05, 0.1) is 13.0 Å². The minimum atomic E-state index is -0.535. The molecule has 28 heavy (non-hydrogen) atoms. The molecule has 0 N–H and O–H groups in total. The third kappa shape index (κ3) is 1.53. The van der Waals surface area contributed by atoms with Gasteiger partial charge in [0, 0.05) is 29.5 Å². The first-order chi connectivity index (χ1) is 13.4. The summed E-state index contributed by atoms with van der Waals surface area (Å²) in [6, 6.07) is 4.75. The van der Waals surface area contributed by atoms with Crippen LogP contribution in [0.25, 0.3) is 0 Å². The Balaban J connectivity index is 1.69. The van der Waals surface area contributed by atoms with E-state index < -0.39 is 5.60 Å². The number of ketones is 1. The van der Waals surface area contributed by atoms with E-state index in [1.165, 1.54) is 11.1 Å². The lowest BCUT2D eigenvalue weighted by Crippen LogP contribution is -2.81. The topological polar surface area (TPSA) is 48.0 Å². The predicted octanol–water partition coefficient (Wildman–Crippen LogP) is 2.73. The Kier molecular flexibility index (Phi) is 3.16. The van der Waals surface area contributed by atoms with Crippen molar-refractivity contribution in [1.29, 1.82) is 0 Å². The standard InChI is InChI=1S/C23H29NO4/c1-13(25)15-12-21-7-8-23(15,27-4)20-22(21)9-10-24(2)17(21)11-14-5-6-16(26-3)19(28-20)18(14)22/h5-6,15,17,20H,7-12H2,1-4H3/t15-,17-,20-,21?,22+,23?/m1/s1. The number of piperidine rings is 1. The Morgan fingerprint density at radius 2 is 2.07 bits per heavy atom. The fourth-order valence-corrected chi connectivity index (χ4v) is 8.30. The smallest absolute Gasteiger partial charge is 0.165 e. The van der Waals surface area contributed by atoms with Crippen LogP contribution < -0.4 is 9.47 Å². The van der Waals surface area contributed by atoms with Gasteiger partial charge in [-0.05, 0) is 64.3 Å². The minimum absolute atomic E-state index is 0.0676. The molecule has 0 aromatic heterocycles. The molecular formula is C23H29NO4. The molecule has 3 saturated carbocycles. The van der Waals surface area contributed by atoms with Crippen molar-refractivity contribution < 1.29 is 19.0 Å². The Morgan fingerprint density at radius 1 is 1.25 bits per heavy atom. The van der Waals surface area contributed by atoms with E-state index in [2.05, 4.69) is 24.1 Å². The number of ether oxygens (including phenoxy) is 3. The maximum Gasteiger partial charge on any atom is 0.165 e. The Bertz CT molecular complexity index is 899. The van der Waals surface area contributed by atoms with Crippen LogP contribution in [-0.2, 0) is 21.4 Å².